The summed E-state index contributed by atoms with van der Waals surface area (Å²) in [6.45, 7) is 0.410. The molecule has 0 saturated carbocycles. The number of Topliss-reactive ketones (excluding diaryl/α,β-unsaturated/α-hetero) is 2. The molecule has 8 heteroatoms. The van der Waals surface area contributed by atoms with Gasteiger partial charge in [-0.25, -0.2) is 0 Å². The summed E-state index contributed by atoms with van der Waals surface area (Å²) >= 11 is 0. The first-order chi connectivity index (χ1) is 19.5. The average molecular weight is 543 g/mol. The Kier molecular flexibility index (Phi) is 8.43. The zero-order valence-corrected chi connectivity index (χ0v) is 22.9. The molecule has 0 bridgehead atoms. The molecule has 208 valence electrons. The van der Waals surface area contributed by atoms with E-state index in [-0.39, 0.29) is 23.2 Å². The van der Waals surface area contributed by atoms with Gasteiger partial charge < -0.3 is 19.1 Å². The van der Waals surface area contributed by atoms with Crippen molar-refractivity contribution >= 4 is 17.3 Å². The number of nitrogens with zero attached hydrogens (tertiary/aromatic N) is 2. The van der Waals surface area contributed by atoms with Crippen molar-refractivity contribution in [3.05, 3.63) is 88.0 Å². The zero-order valence-electron chi connectivity index (χ0n) is 22.9. The van der Waals surface area contributed by atoms with E-state index in [4.69, 9.17) is 19.0 Å². The summed E-state index contributed by atoms with van der Waals surface area (Å²) in [5, 5.41) is 15.3. The van der Waals surface area contributed by atoms with Crippen molar-refractivity contribution in [2.24, 2.45) is 4.99 Å². The standard InChI is InChI=1S/C32H34N2O6/c1-38-28-14-11-20(17-30(28)39-2)15-16-33-23(12-13-24-32-25(35)9-6-10-29(32)40-34-24)31-26(36)18-22(19-27(31)37)21-7-4-3-5-8-21/h3-5,7-8,11,14,17,22,36H,6,9-10,12-13,15-16,18-19H2,1-2H3. The van der Waals surface area contributed by atoms with E-state index in [0.717, 1.165) is 17.5 Å². The number of hydrogen-bond acceptors (Lipinski definition) is 8. The van der Waals surface area contributed by atoms with Gasteiger partial charge in [-0.3, -0.25) is 14.6 Å². The minimum absolute atomic E-state index is 0.0472. The third kappa shape index (κ3) is 5.86. The van der Waals surface area contributed by atoms with Crippen molar-refractivity contribution in [2.75, 3.05) is 20.8 Å². The van der Waals surface area contributed by atoms with Crippen molar-refractivity contribution in [1.82, 2.24) is 5.16 Å². The molecule has 0 radical (unpaired) electrons. The maximum absolute atomic E-state index is 13.4. The molecule has 0 amide bonds. The quantitative estimate of drug-likeness (QED) is 0.323. The SMILES string of the molecule is COc1ccc(CCN=C(CCc2noc3c2C(=O)CCC3)C2=C(O)CC(c3ccccc3)CC2=O)cc1OC. The van der Waals surface area contributed by atoms with Crippen LogP contribution in [0.3, 0.4) is 0 Å². The summed E-state index contributed by atoms with van der Waals surface area (Å²) in [5.41, 5.74) is 4.04. The molecule has 2 aliphatic carbocycles. The highest BCUT2D eigenvalue weighted by Crippen LogP contribution is 2.35. The Balaban J connectivity index is 1.40. The number of methoxy groups -OCH3 is 2. The van der Waals surface area contributed by atoms with Crippen LogP contribution < -0.4 is 9.47 Å². The summed E-state index contributed by atoms with van der Waals surface area (Å²) in [5.74, 6) is 1.83. The maximum atomic E-state index is 13.4. The van der Waals surface area contributed by atoms with Gasteiger partial charge in [0, 0.05) is 37.9 Å². The third-order valence-corrected chi connectivity index (χ3v) is 7.67. The van der Waals surface area contributed by atoms with Crippen molar-refractivity contribution < 1.29 is 28.7 Å². The molecule has 1 heterocycles. The van der Waals surface area contributed by atoms with Gasteiger partial charge in [-0.1, -0.05) is 41.6 Å². The van der Waals surface area contributed by atoms with Crippen LogP contribution in [0.2, 0.25) is 0 Å². The summed E-state index contributed by atoms with van der Waals surface area (Å²) in [6, 6.07) is 15.5. The second kappa shape index (κ2) is 12.3. The number of ether oxygens (including phenoxy) is 2. The zero-order chi connectivity index (χ0) is 28.1. The van der Waals surface area contributed by atoms with E-state index in [1.807, 2.05) is 48.5 Å². The number of aliphatic hydroxyl groups excluding tert-OH is 1. The van der Waals surface area contributed by atoms with Crippen LogP contribution in [0.1, 0.15) is 71.0 Å². The van der Waals surface area contributed by atoms with Crippen LogP contribution in [0, 0.1) is 0 Å². The van der Waals surface area contributed by atoms with Crippen LogP contribution in [0.5, 0.6) is 11.5 Å². The molecule has 2 aromatic carbocycles. The van der Waals surface area contributed by atoms with E-state index < -0.39 is 0 Å². The number of benzene rings is 2. The fourth-order valence-electron chi connectivity index (χ4n) is 5.61. The molecule has 0 aliphatic heterocycles. The second-order valence-electron chi connectivity index (χ2n) is 10.2. The lowest BCUT2D eigenvalue weighted by molar-refractivity contribution is -0.116. The third-order valence-electron chi connectivity index (χ3n) is 7.67. The number of hydrogen-bond donors (Lipinski definition) is 1. The smallest absolute Gasteiger partial charge is 0.168 e. The predicted molar refractivity (Wildman–Crippen MR) is 151 cm³/mol. The Morgan fingerprint density at radius 3 is 2.55 bits per heavy atom. The van der Waals surface area contributed by atoms with Crippen molar-refractivity contribution in [3.8, 4) is 11.5 Å². The molecule has 1 unspecified atom stereocenters. The first-order valence-corrected chi connectivity index (χ1v) is 13.7. The normalized spacial score (nSPS) is 17.6. The summed E-state index contributed by atoms with van der Waals surface area (Å²) in [4.78, 5) is 30.8. The first-order valence-electron chi connectivity index (χ1n) is 13.7. The molecular formula is C32H34N2O6. The van der Waals surface area contributed by atoms with Gasteiger partial charge in [-0.05, 0) is 54.9 Å². The number of carbonyl (C=O) groups is 2. The number of aliphatic hydroxyl groups is 1. The van der Waals surface area contributed by atoms with Crippen LogP contribution >= 0.6 is 0 Å². The van der Waals surface area contributed by atoms with Crippen LogP contribution in [0.4, 0.5) is 0 Å². The number of aromatic nitrogens is 1. The minimum Gasteiger partial charge on any atom is -0.511 e. The fraction of sp³-hybridized carbons (Fsp3) is 0.375. The number of fused-ring (bicyclic) bond motifs is 1. The van der Waals surface area contributed by atoms with E-state index in [9.17, 15) is 14.7 Å². The van der Waals surface area contributed by atoms with Gasteiger partial charge in [0.25, 0.3) is 0 Å². The van der Waals surface area contributed by atoms with Gasteiger partial charge in [0.05, 0.1) is 31.1 Å². The topological polar surface area (TPSA) is 111 Å². The van der Waals surface area contributed by atoms with Crippen molar-refractivity contribution in [2.45, 2.75) is 57.3 Å². The second-order valence-corrected chi connectivity index (χ2v) is 10.2. The van der Waals surface area contributed by atoms with E-state index in [0.29, 0.717) is 91.3 Å². The Bertz CT molecular complexity index is 1450. The van der Waals surface area contributed by atoms with Crippen LogP contribution in [-0.4, -0.2) is 48.3 Å². The number of aryl methyl sites for hydroxylation is 2. The fourth-order valence-corrected chi connectivity index (χ4v) is 5.61. The number of carbonyl (C=O) groups excluding carboxylic acids is 2. The lowest BCUT2D eigenvalue weighted by Gasteiger charge is -2.24. The van der Waals surface area contributed by atoms with Crippen LogP contribution in [0.25, 0.3) is 0 Å². The average Bonchev–Trinajstić information content (AvgIpc) is 3.40. The Hall–Kier alpha value is -4.20. The molecule has 2 aliphatic rings. The van der Waals surface area contributed by atoms with Gasteiger partial charge in [0.1, 0.15) is 11.5 Å². The van der Waals surface area contributed by atoms with E-state index in [1.54, 1.807) is 14.2 Å². The molecular weight excluding hydrogens is 508 g/mol. The van der Waals surface area contributed by atoms with Crippen LogP contribution in [-0.2, 0) is 24.1 Å². The molecule has 3 aromatic rings. The molecule has 8 nitrogen and oxygen atoms in total. The monoisotopic (exact) mass is 542 g/mol. The summed E-state index contributed by atoms with van der Waals surface area (Å²) in [7, 11) is 3.19. The van der Waals surface area contributed by atoms with E-state index in [1.165, 1.54) is 0 Å². The molecule has 1 aromatic heterocycles. The molecule has 1 N–H and O–H groups in total. The van der Waals surface area contributed by atoms with Gasteiger partial charge >= 0.3 is 0 Å². The van der Waals surface area contributed by atoms with Crippen LogP contribution in [0.15, 0.2) is 69.4 Å². The highest BCUT2D eigenvalue weighted by molar-refractivity contribution is 6.23. The maximum Gasteiger partial charge on any atom is 0.168 e. The number of allylic oxidation sites excluding steroid dienone is 2. The Labute approximate surface area is 233 Å². The lowest BCUT2D eigenvalue weighted by atomic mass is 9.80. The van der Waals surface area contributed by atoms with Gasteiger partial charge in [-0.2, -0.15) is 0 Å². The van der Waals surface area contributed by atoms with E-state index >= 15 is 0 Å². The van der Waals surface area contributed by atoms with Crippen molar-refractivity contribution in [1.29, 1.82) is 0 Å². The Morgan fingerprint density at radius 2 is 1.80 bits per heavy atom. The van der Waals surface area contributed by atoms with Gasteiger partial charge in [-0.15, -0.1) is 0 Å². The largest absolute Gasteiger partial charge is 0.511 e. The summed E-state index contributed by atoms with van der Waals surface area (Å²) in [6.07, 6.45) is 3.99. The van der Waals surface area contributed by atoms with Gasteiger partial charge in [0.2, 0.25) is 0 Å². The molecule has 0 spiro atoms. The highest BCUT2D eigenvalue weighted by atomic mass is 16.5. The Morgan fingerprint density at radius 1 is 1.00 bits per heavy atom. The van der Waals surface area contributed by atoms with E-state index in [2.05, 4.69) is 5.16 Å². The molecule has 5 rings (SSSR count). The number of aliphatic imine (C=N–C) groups is 1. The molecule has 0 fully saturated rings. The number of ketones is 2. The molecule has 1 atom stereocenters. The number of rotatable bonds is 10. The molecule has 40 heavy (non-hydrogen) atoms. The minimum atomic E-state index is -0.124. The summed E-state index contributed by atoms with van der Waals surface area (Å²) < 4.78 is 16.2. The lowest BCUT2D eigenvalue weighted by Crippen LogP contribution is -2.24. The van der Waals surface area contributed by atoms with Crippen molar-refractivity contribution in [3.63, 3.8) is 0 Å². The highest BCUT2D eigenvalue weighted by Gasteiger charge is 2.32. The molecule has 0 saturated heterocycles. The first kappa shape index (κ1) is 27.4. The van der Waals surface area contributed by atoms with Gasteiger partial charge in [0.15, 0.2) is 23.1 Å². The predicted octanol–water partition coefficient (Wildman–Crippen LogP) is 5.79.